The highest BCUT2D eigenvalue weighted by molar-refractivity contribution is 6.31. The molecule has 0 aromatic heterocycles. The minimum Gasteiger partial charge on any atom is -0.497 e. The second-order valence-electron chi connectivity index (χ2n) is 10.3. The molecule has 232 valence electrons. The standard InChI is InChI=1S/C30H36ClN3O2.C2HF3O2/c1-36-28-14-12-27(13-15-28)32-30(35)34(23-26-10-5-6-11-29(26)31)19-7-18-33-20-16-25(17-21-33)22-24-8-3-2-4-9-24;3-2(4,5)1(6)7/h2-6,8-15,25H,7,16-23H2,1H3,(H,32,35);(H,6,7). The molecular formula is C32H37ClF3N3O4. The van der Waals surface area contributed by atoms with Crippen molar-refractivity contribution in [1.29, 1.82) is 0 Å². The summed E-state index contributed by atoms with van der Waals surface area (Å²) >= 11 is 6.41. The van der Waals surface area contributed by atoms with Gasteiger partial charge in [0.2, 0.25) is 0 Å². The maximum absolute atomic E-state index is 13.2. The van der Waals surface area contributed by atoms with E-state index in [0.717, 1.165) is 49.0 Å². The predicted octanol–water partition coefficient (Wildman–Crippen LogP) is 7.36. The number of carboxylic acid groups (broad SMARTS) is 1. The van der Waals surface area contributed by atoms with Gasteiger partial charge in [0.15, 0.2) is 0 Å². The third-order valence-corrected chi connectivity index (χ3v) is 7.54. The fraction of sp³-hybridized carbons (Fsp3) is 0.375. The van der Waals surface area contributed by atoms with E-state index in [-0.39, 0.29) is 6.03 Å². The number of alkyl halides is 3. The van der Waals surface area contributed by atoms with E-state index >= 15 is 0 Å². The van der Waals surface area contributed by atoms with E-state index in [1.165, 1.54) is 24.8 Å². The summed E-state index contributed by atoms with van der Waals surface area (Å²) in [5.41, 5.74) is 3.13. The van der Waals surface area contributed by atoms with Crippen LogP contribution in [-0.2, 0) is 17.8 Å². The minimum absolute atomic E-state index is 0.123. The lowest BCUT2D eigenvalue weighted by Gasteiger charge is -2.32. The van der Waals surface area contributed by atoms with Gasteiger partial charge in [-0.15, -0.1) is 0 Å². The van der Waals surface area contributed by atoms with Crippen LogP contribution in [0.25, 0.3) is 0 Å². The molecule has 4 rings (SSSR count). The molecule has 11 heteroatoms. The number of nitrogens with one attached hydrogen (secondary N) is 1. The molecule has 1 fully saturated rings. The Morgan fingerprint density at radius 2 is 1.60 bits per heavy atom. The molecule has 2 N–H and O–H groups in total. The topological polar surface area (TPSA) is 82.1 Å². The smallest absolute Gasteiger partial charge is 0.490 e. The van der Waals surface area contributed by atoms with Crippen molar-refractivity contribution in [2.75, 3.05) is 38.6 Å². The van der Waals surface area contributed by atoms with E-state index in [9.17, 15) is 18.0 Å². The Bertz CT molecular complexity index is 1290. The largest absolute Gasteiger partial charge is 0.497 e. The summed E-state index contributed by atoms with van der Waals surface area (Å²) in [5.74, 6) is -1.24. The third kappa shape index (κ3) is 11.8. The number of aliphatic carboxylic acids is 1. The van der Waals surface area contributed by atoms with Crippen LogP contribution < -0.4 is 10.1 Å². The Hall–Kier alpha value is -3.76. The van der Waals surface area contributed by atoms with Crippen molar-refractivity contribution >= 4 is 29.3 Å². The second-order valence-corrected chi connectivity index (χ2v) is 10.7. The molecule has 1 saturated heterocycles. The first-order valence-corrected chi connectivity index (χ1v) is 14.4. The quantitative estimate of drug-likeness (QED) is 0.248. The maximum atomic E-state index is 13.2. The molecule has 0 spiro atoms. The Labute approximate surface area is 255 Å². The number of amides is 2. The molecule has 7 nitrogen and oxygen atoms in total. The van der Waals surface area contributed by atoms with Crippen molar-refractivity contribution in [1.82, 2.24) is 9.80 Å². The lowest BCUT2D eigenvalue weighted by molar-refractivity contribution is -0.192. The molecule has 1 aliphatic rings. The van der Waals surface area contributed by atoms with E-state index in [1.807, 2.05) is 53.4 Å². The molecule has 3 aromatic carbocycles. The summed E-state index contributed by atoms with van der Waals surface area (Å²) in [6.07, 6.45) is -0.526. The van der Waals surface area contributed by atoms with Crippen LogP contribution in [0.5, 0.6) is 5.75 Å². The Kier molecular flexibility index (Phi) is 13.2. The summed E-state index contributed by atoms with van der Waals surface area (Å²) in [7, 11) is 1.63. The number of hydrogen-bond acceptors (Lipinski definition) is 4. The van der Waals surface area contributed by atoms with E-state index in [0.29, 0.717) is 18.1 Å². The van der Waals surface area contributed by atoms with Gasteiger partial charge in [-0.05, 0) is 92.7 Å². The molecule has 0 unspecified atom stereocenters. The number of carboxylic acids is 1. The zero-order valence-corrected chi connectivity index (χ0v) is 24.8. The molecule has 2 amide bonds. The number of likely N-dealkylation sites (tertiary alicyclic amines) is 1. The number of rotatable bonds is 10. The van der Waals surface area contributed by atoms with Crippen LogP contribution in [0, 0.1) is 5.92 Å². The van der Waals surface area contributed by atoms with E-state index in [1.54, 1.807) is 7.11 Å². The van der Waals surface area contributed by atoms with Gasteiger partial charge < -0.3 is 25.0 Å². The van der Waals surface area contributed by atoms with E-state index in [2.05, 4.69) is 40.5 Å². The lowest BCUT2D eigenvalue weighted by atomic mass is 9.90. The molecule has 0 aliphatic carbocycles. The van der Waals surface area contributed by atoms with Gasteiger partial charge in [-0.2, -0.15) is 13.2 Å². The first-order valence-electron chi connectivity index (χ1n) is 14.0. The zero-order valence-electron chi connectivity index (χ0n) is 24.0. The van der Waals surface area contributed by atoms with Gasteiger partial charge in [-0.25, -0.2) is 9.59 Å². The number of anilines is 1. The normalized spacial score (nSPS) is 13.9. The van der Waals surface area contributed by atoms with Gasteiger partial charge in [-0.1, -0.05) is 60.1 Å². The number of benzene rings is 3. The van der Waals surface area contributed by atoms with Crippen molar-refractivity contribution in [3.63, 3.8) is 0 Å². The number of piperidine rings is 1. The first-order chi connectivity index (χ1) is 20.5. The van der Waals surface area contributed by atoms with Crippen LogP contribution in [0.4, 0.5) is 23.7 Å². The van der Waals surface area contributed by atoms with Crippen molar-refractivity contribution < 1.29 is 32.6 Å². The number of carbonyl (C=O) groups is 2. The first kappa shape index (κ1) is 33.7. The Balaban J connectivity index is 0.000000646. The van der Waals surface area contributed by atoms with Gasteiger partial charge >= 0.3 is 18.2 Å². The molecular weight excluding hydrogens is 583 g/mol. The van der Waals surface area contributed by atoms with Crippen LogP contribution in [0.15, 0.2) is 78.9 Å². The molecule has 1 aliphatic heterocycles. The molecule has 0 saturated carbocycles. The van der Waals surface area contributed by atoms with E-state index in [4.69, 9.17) is 26.2 Å². The average molecular weight is 620 g/mol. The molecule has 0 bridgehead atoms. The second kappa shape index (κ2) is 16.8. The van der Waals surface area contributed by atoms with Crippen molar-refractivity contribution in [3.05, 3.63) is 95.0 Å². The number of carbonyl (C=O) groups excluding carboxylic acids is 1. The minimum atomic E-state index is -5.08. The van der Waals surface area contributed by atoms with Crippen molar-refractivity contribution in [2.24, 2.45) is 5.92 Å². The highest BCUT2D eigenvalue weighted by Gasteiger charge is 2.38. The fourth-order valence-electron chi connectivity index (χ4n) is 4.81. The molecule has 0 radical (unpaired) electrons. The third-order valence-electron chi connectivity index (χ3n) is 7.17. The number of halogens is 4. The summed E-state index contributed by atoms with van der Waals surface area (Å²) in [6.45, 7) is 4.38. The van der Waals surface area contributed by atoms with Crippen LogP contribution in [0.2, 0.25) is 5.02 Å². The van der Waals surface area contributed by atoms with Gasteiger partial charge in [0.25, 0.3) is 0 Å². The number of ether oxygens (including phenoxy) is 1. The highest BCUT2D eigenvalue weighted by Crippen LogP contribution is 2.23. The Morgan fingerprint density at radius 3 is 2.19 bits per heavy atom. The molecule has 0 atom stereocenters. The van der Waals surface area contributed by atoms with Crippen LogP contribution in [-0.4, -0.2) is 66.4 Å². The monoisotopic (exact) mass is 619 g/mol. The van der Waals surface area contributed by atoms with Gasteiger partial charge in [-0.3, -0.25) is 0 Å². The van der Waals surface area contributed by atoms with Gasteiger partial charge in [0.1, 0.15) is 5.75 Å². The SMILES string of the molecule is COc1ccc(NC(=O)N(CCCN2CCC(Cc3ccccc3)CC2)Cc2ccccc2Cl)cc1.O=C(O)C(F)(F)F. The lowest BCUT2D eigenvalue weighted by Crippen LogP contribution is -2.39. The maximum Gasteiger partial charge on any atom is 0.490 e. The summed E-state index contributed by atoms with van der Waals surface area (Å²) in [5, 5.41) is 10.8. The molecule has 1 heterocycles. The van der Waals surface area contributed by atoms with Crippen LogP contribution in [0.1, 0.15) is 30.4 Å². The van der Waals surface area contributed by atoms with Crippen LogP contribution in [0.3, 0.4) is 0 Å². The summed E-state index contributed by atoms with van der Waals surface area (Å²) in [6, 6.07) is 25.8. The highest BCUT2D eigenvalue weighted by atomic mass is 35.5. The van der Waals surface area contributed by atoms with Crippen molar-refractivity contribution in [2.45, 2.75) is 38.4 Å². The van der Waals surface area contributed by atoms with Crippen LogP contribution >= 0.6 is 11.6 Å². The Morgan fingerprint density at radius 1 is 1.00 bits per heavy atom. The summed E-state index contributed by atoms with van der Waals surface area (Å²) < 4.78 is 37.0. The predicted molar refractivity (Wildman–Crippen MR) is 161 cm³/mol. The molecule has 43 heavy (non-hydrogen) atoms. The fourth-order valence-corrected chi connectivity index (χ4v) is 5.00. The number of nitrogens with zero attached hydrogens (tertiary/aromatic N) is 2. The van der Waals surface area contributed by atoms with Crippen molar-refractivity contribution in [3.8, 4) is 5.75 Å². The van der Waals surface area contributed by atoms with E-state index < -0.39 is 12.1 Å². The number of urea groups is 1. The average Bonchev–Trinajstić information content (AvgIpc) is 2.99. The molecule has 3 aromatic rings. The van der Waals surface area contributed by atoms with Gasteiger partial charge in [0, 0.05) is 23.8 Å². The zero-order chi connectivity index (χ0) is 31.2. The number of methoxy groups -OCH3 is 1. The number of hydrogen-bond donors (Lipinski definition) is 2. The summed E-state index contributed by atoms with van der Waals surface area (Å²) in [4.78, 5) is 26.5. The van der Waals surface area contributed by atoms with Gasteiger partial charge in [0.05, 0.1) is 7.11 Å².